The van der Waals surface area contributed by atoms with Crippen LogP contribution in [0.1, 0.15) is 31.4 Å². The van der Waals surface area contributed by atoms with E-state index in [1.807, 2.05) is 49.9 Å². The van der Waals surface area contributed by atoms with Crippen LogP contribution in [0.3, 0.4) is 0 Å². The van der Waals surface area contributed by atoms with Crippen LogP contribution in [0.2, 0.25) is 0 Å². The average molecular weight is 259 g/mol. The van der Waals surface area contributed by atoms with Crippen LogP contribution < -0.4 is 0 Å². The lowest BCUT2D eigenvalue weighted by molar-refractivity contribution is -0.140. The molecule has 1 aliphatic rings. The second-order valence-corrected chi connectivity index (χ2v) is 5.98. The highest BCUT2D eigenvalue weighted by molar-refractivity contribution is 5.88. The van der Waals surface area contributed by atoms with Crippen molar-refractivity contribution in [3.05, 3.63) is 35.4 Å². The molecule has 1 heterocycles. The minimum Gasteiger partial charge on any atom is -0.341 e. The number of likely N-dealkylation sites (tertiary alicyclic amines) is 1. The van der Waals surface area contributed by atoms with Gasteiger partial charge in [-0.2, -0.15) is 0 Å². The number of rotatable bonds is 2. The van der Waals surface area contributed by atoms with Crippen LogP contribution in [0, 0.1) is 12.3 Å². The van der Waals surface area contributed by atoms with Gasteiger partial charge in [0.25, 0.3) is 0 Å². The Hall–Kier alpha value is -1.64. The molecule has 2 rings (SSSR count). The molecule has 1 fully saturated rings. The second-order valence-electron chi connectivity index (χ2n) is 5.98. The lowest BCUT2D eigenvalue weighted by atomic mass is 9.82. The van der Waals surface area contributed by atoms with Gasteiger partial charge < -0.3 is 4.90 Å². The van der Waals surface area contributed by atoms with Crippen LogP contribution in [0.4, 0.5) is 0 Å². The first-order valence-electron chi connectivity index (χ1n) is 6.76. The highest BCUT2D eigenvalue weighted by atomic mass is 16.2. The van der Waals surface area contributed by atoms with E-state index in [0.29, 0.717) is 25.9 Å². The zero-order valence-corrected chi connectivity index (χ0v) is 11.9. The van der Waals surface area contributed by atoms with Crippen LogP contribution in [0.5, 0.6) is 0 Å². The summed E-state index contributed by atoms with van der Waals surface area (Å²) in [6.45, 7) is 6.96. The molecule has 102 valence electrons. The van der Waals surface area contributed by atoms with Gasteiger partial charge in [0.05, 0.1) is 6.42 Å². The van der Waals surface area contributed by atoms with E-state index >= 15 is 0 Å². The Balaban J connectivity index is 2.05. The lowest BCUT2D eigenvalue weighted by Crippen LogP contribution is -2.49. The van der Waals surface area contributed by atoms with Crippen LogP contribution >= 0.6 is 0 Å². The minimum atomic E-state index is -0.403. The number of aryl methyl sites for hydroxylation is 1. The van der Waals surface area contributed by atoms with Crippen molar-refractivity contribution in [2.45, 2.75) is 33.6 Å². The van der Waals surface area contributed by atoms with E-state index in [1.54, 1.807) is 0 Å². The molecule has 0 spiro atoms. The maximum absolute atomic E-state index is 12.3. The van der Waals surface area contributed by atoms with E-state index in [9.17, 15) is 9.59 Å². The van der Waals surface area contributed by atoms with Crippen molar-refractivity contribution in [2.75, 3.05) is 13.1 Å². The third-order valence-electron chi connectivity index (χ3n) is 3.91. The number of piperidine rings is 1. The Morgan fingerprint density at radius 1 is 1.32 bits per heavy atom. The van der Waals surface area contributed by atoms with Crippen LogP contribution in [0.15, 0.2) is 24.3 Å². The minimum absolute atomic E-state index is 0.120. The summed E-state index contributed by atoms with van der Waals surface area (Å²) in [6.07, 6.45) is 0.906. The maximum atomic E-state index is 12.3. The predicted molar refractivity (Wildman–Crippen MR) is 74.9 cm³/mol. The summed E-state index contributed by atoms with van der Waals surface area (Å²) in [7, 11) is 0. The molecule has 0 N–H and O–H groups in total. The number of benzene rings is 1. The SMILES string of the molecule is Cc1ccccc1CC(=O)N1CCC(=O)C(C)(C)C1. The van der Waals surface area contributed by atoms with E-state index in [2.05, 4.69) is 0 Å². The van der Waals surface area contributed by atoms with Gasteiger partial charge in [-0.05, 0) is 18.1 Å². The molecule has 0 bridgehead atoms. The molecule has 1 aromatic carbocycles. The molecule has 0 atom stereocenters. The molecular weight excluding hydrogens is 238 g/mol. The molecular formula is C16H21NO2. The number of nitrogens with zero attached hydrogens (tertiary/aromatic N) is 1. The molecule has 3 nitrogen and oxygen atoms in total. The van der Waals surface area contributed by atoms with Crippen molar-refractivity contribution in [3.63, 3.8) is 0 Å². The van der Waals surface area contributed by atoms with Gasteiger partial charge in [0.15, 0.2) is 0 Å². The third kappa shape index (κ3) is 3.03. The highest BCUT2D eigenvalue weighted by Gasteiger charge is 2.35. The molecule has 19 heavy (non-hydrogen) atoms. The summed E-state index contributed by atoms with van der Waals surface area (Å²) in [5, 5.41) is 0. The topological polar surface area (TPSA) is 37.4 Å². The fraction of sp³-hybridized carbons (Fsp3) is 0.500. The normalized spacial score (nSPS) is 18.5. The Kier molecular flexibility index (Phi) is 3.74. The zero-order valence-electron chi connectivity index (χ0n) is 11.9. The Labute approximate surface area is 114 Å². The quantitative estimate of drug-likeness (QED) is 0.817. The number of hydrogen-bond donors (Lipinski definition) is 0. The number of ketones is 1. The van der Waals surface area contributed by atoms with Gasteiger partial charge >= 0.3 is 0 Å². The van der Waals surface area contributed by atoms with Gasteiger partial charge in [-0.3, -0.25) is 9.59 Å². The van der Waals surface area contributed by atoms with Gasteiger partial charge in [-0.25, -0.2) is 0 Å². The number of Topliss-reactive ketones (excluding diaryl/α,β-unsaturated/α-hetero) is 1. The molecule has 0 saturated carbocycles. The van der Waals surface area contributed by atoms with E-state index in [1.165, 1.54) is 0 Å². The third-order valence-corrected chi connectivity index (χ3v) is 3.91. The average Bonchev–Trinajstić information content (AvgIpc) is 2.35. The molecule has 0 aromatic heterocycles. The van der Waals surface area contributed by atoms with Crippen molar-refractivity contribution < 1.29 is 9.59 Å². The first-order valence-corrected chi connectivity index (χ1v) is 6.76. The first kappa shape index (κ1) is 13.8. The van der Waals surface area contributed by atoms with E-state index < -0.39 is 5.41 Å². The summed E-state index contributed by atoms with van der Waals surface area (Å²) in [4.78, 5) is 25.9. The summed E-state index contributed by atoms with van der Waals surface area (Å²) in [5.41, 5.74) is 1.81. The van der Waals surface area contributed by atoms with Crippen molar-refractivity contribution >= 4 is 11.7 Å². The van der Waals surface area contributed by atoms with Gasteiger partial charge in [0, 0.05) is 24.9 Å². The summed E-state index contributed by atoms with van der Waals surface area (Å²) >= 11 is 0. The van der Waals surface area contributed by atoms with Gasteiger partial charge in [-0.15, -0.1) is 0 Å². The number of carbonyl (C=O) groups is 2. The Morgan fingerprint density at radius 2 is 2.00 bits per heavy atom. The highest BCUT2D eigenvalue weighted by Crippen LogP contribution is 2.25. The smallest absolute Gasteiger partial charge is 0.227 e. The Bertz CT molecular complexity index is 505. The second kappa shape index (κ2) is 5.16. The molecule has 0 radical (unpaired) electrons. The molecule has 0 unspecified atom stereocenters. The van der Waals surface area contributed by atoms with Crippen LogP contribution in [-0.4, -0.2) is 29.7 Å². The van der Waals surface area contributed by atoms with Crippen molar-refractivity contribution in [1.82, 2.24) is 4.90 Å². The summed E-state index contributed by atoms with van der Waals surface area (Å²) in [6, 6.07) is 7.95. The number of hydrogen-bond acceptors (Lipinski definition) is 2. The number of carbonyl (C=O) groups excluding carboxylic acids is 2. The summed E-state index contributed by atoms with van der Waals surface area (Å²) < 4.78 is 0. The van der Waals surface area contributed by atoms with Crippen LogP contribution in [0.25, 0.3) is 0 Å². The lowest BCUT2D eigenvalue weighted by Gasteiger charge is -2.36. The van der Waals surface area contributed by atoms with Gasteiger partial charge in [0.1, 0.15) is 5.78 Å². The molecule has 3 heteroatoms. The molecule has 1 aliphatic heterocycles. The van der Waals surface area contributed by atoms with Gasteiger partial charge in [0.2, 0.25) is 5.91 Å². The van der Waals surface area contributed by atoms with Crippen LogP contribution in [-0.2, 0) is 16.0 Å². The predicted octanol–water partition coefficient (Wildman–Crippen LogP) is 2.37. The monoisotopic (exact) mass is 259 g/mol. The first-order chi connectivity index (χ1) is 8.90. The maximum Gasteiger partial charge on any atom is 0.227 e. The van der Waals surface area contributed by atoms with Crippen molar-refractivity contribution in [1.29, 1.82) is 0 Å². The zero-order chi connectivity index (χ0) is 14.0. The Morgan fingerprint density at radius 3 is 2.63 bits per heavy atom. The largest absolute Gasteiger partial charge is 0.341 e. The van der Waals surface area contributed by atoms with E-state index in [4.69, 9.17) is 0 Å². The molecule has 0 aliphatic carbocycles. The van der Waals surface area contributed by atoms with E-state index in [0.717, 1.165) is 11.1 Å². The fourth-order valence-corrected chi connectivity index (χ4v) is 2.52. The number of amides is 1. The van der Waals surface area contributed by atoms with Crippen molar-refractivity contribution in [2.24, 2.45) is 5.41 Å². The molecule has 1 amide bonds. The van der Waals surface area contributed by atoms with Crippen molar-refractivity contribution in [3.8, 4) is 0 Å². The molecule has 1 aromatic rings. The summed E-state index contributed by atoms with van der Waals surface area (Å²) in [5.74, 6) is 0.377. The fourth-order valence-electron chi connectivity index (χ4n) is 2.52. The standard InChI is InChI=1S/C16H21NO2/c1-12-6-4-5-7-13(12)10-15(19)17-9-8-14(18)16(2,3)11-17/h4-7H,8-11H2,1-3H3. The van der Waals surface area contributed by atoms with E-state index in [-0.39, 0.29) is 11.7 Å². The molecule has 1 saturated heterocycles. The van der Waals surface area contributed by atoms with Gasteiger partial charge in [-0.1, -0.05) is 38.1 Å².